The Kier molecular flexibility index (Phi) is 4.13. The third-order valence-electron chi connectivity index (χ3n) is 3.12. The summed E-state index contributed by atoms with van der Waals surface area (Å²) in [6.07, 6.45) is 1.61. The maximum atomic E-state index is 12.0. The number of aromatic hydroxyl groups is 1. The van der Waals surface area contributed by atoms with Crippen LogP contribution in [0.25, 0.3) is 6.08 Å². The van der Waals surface area contributed by atoms with E-state index in [-0.39, 0.29) is 11.7 Å². The van der Waals surface area contributed by atoms with Gasteiger partial charge in [0.25, 0.3) is 5.91 Å². The smallest absolute Gasteiger partial charge is 0.264 e. The molecule has 5 nitrogen and oxygen atoms in total. The number of rotatable bonds is 2. The quantitative estimate of drug-likeness (QED) is 0.832. The lowest BCUT2D eigenvalue weighted by Gasteiger charge is -1.98. The average Bonchev–Trinajstić information content (AvgIpc) is 2.89. The maximum Gasteiger partial charge on any atom is 0.264 e. The number of para-hydroxylation sites is 2. The van der Waals surface area contributed by atoms with Crippen LogP contribution in [0.4, 0.5) is 5.69 Å². The summed E-state index contributed by atoms with van der Waals surface area (Å²) in [6, 6.07) is 15.7. The molecule has 1 aliphatic heterocycles. The molecule has 0 spiro atoms. The maximum absolute atomic E-state index is 12.0. The molecule has 1 saturated heterocycles. The van der Waals surface area contributed by atoms with E-state index in [4.69, 9.17) is 5.26 Å². The number of thioether (sulfide) groups is 1. The lowest BCUT2D eigenvalue weighted by Crippen LogP contribution is -2.19. The minimum Gasteiger partial charge on any atom is -0.507 e. The molecular formula is C17H11N3O2S. The number of carbonyl (C=O) groups is 1. The molecule has 0 unspecified atom stereocenters. The molecule has 112 valence electrons. The van der Waals surface area contributed by atoms with E-state index in [0.717, 1.165) is 0 Å². The largest absolute Gasteiger partial charge is 0.507 e. The molecule has 0 aliphatic carbocycles. The Bertz CT molecular complexity index is 881. The molecule has 1 amide bonds. The number of nitriles is 1. The van der Waals surface area contributed by atoms with Gasteiger partial charge in [0.05, 0.1) is 16.2 Å². The molecule has 1 heterocycles. The van der Waals surface area contributed by atoms with Gasteiger partial charge in [0.1, 0.15) is 11.8 Å². The summed E-state index contributed by atoms with van der Waals surface area (Å²) in [5.74, 6) is -0.181. The van der Waals surface area contributed by atoms with E-state index < -0.39 is 0 Å². The Labute approximate surface area is 137 Å². The Balaban J connectivity index is 1.90. The van der Waals surface area contributed by atoms with Crippen LogP contribution in [0.5, 0.6) is 5.75 Å². The monoisotopic (exact) mass is 321 g/mol. The summed E-state index contributed by atoms with van der Waals surface area (Å²) in [7, 11) is 0. The van der Waals surface area contributed by atoms with Gasteiger partial charge in [0, 0.05) is 5.56 Å². The van der Waals surface area contributed by atoms with Crippen LogP contribution in [-0.4, -0.2) is 16.2 Å². The summed E-state index contributed by atoms with van der Waals surface area (Å²) in [4.78, 5) is 16.8. The van der Waals surface area contributed by atoms with Crippen LogP contribution in [0.1, 0.15) is 11.1 Å². The standard InChI is InChI=1S/C17H11N3O2S/c18-10-12-6-1-3-7-13(12)19-17-20-16(22)15(23-17)9-11-5-2-4-8-14(11)21/h1-9,21H,(H,19,20,22)/b15-9-. The van der Waals surface area contributed by atoms with Gasteiger partial charge in [0.2, 0.25) is 0 Å². The number of hydrogen-bond acceptors (Lipinski definition) is 5. The molecule has 2 aromatic rings. The predicted molar refractivity (Wildman–Crippen MR) is 90.1 cm³/mol. The zero-order chi connectivity index (χ0) is 16.2. The highest BCUT2D eigenvalue weighted by atomic mass is 32.2. The fraction of sp³-hybridized carbons (Fsp3) is 0. The summed E-state index contributed by atoms with van der Waals surface area (Å²) >= 11 is 1.17. The predicted octanol–water partition coefficient (Wildman–Crippen LogP) is 3.16. The van der Waals surface area contributed by atoms with E-state index in [9.17, 15) is 9.90 Å². The number of amides is 1. The summed E-state index contributed by atoms with van der Waals surface area (Å²) in [6.45, 7) is 0. The molecule has 2 N–H and O–H groups in total. The molecule has 2 aromatic carbocycles. The molecule has 0 atom stereocenters. The Hall–Kier alpha value is -3.04. The first-order valence-electron chi connectivity index (χ1n) is 6.74. The first-order valence-corrected chi connectivity index (χ1v) is 7.56. The second-order valence-corrected chi connectivity index (χ2v) is 5.70. The van der Waals surface area contributed by atoms with E-state index in [0.29, 0.717) is 26.9 Å². The molecule has 1 aliphatic rings. The SMILES string of the molecule is N#Cc1ccccc1N=C1NC(=O)/C(=C/c2ccccc2O)S1. The highest BCUT2D eigenvalue weighted by Crippen LogP contribution is 2.30. The van der Waals surface area contributed by atoms with Crippen molar-refractivity contribution in [1.82, 2.24) is 5.32 Å². The fourth-order valence-corrected chi connectivity index (χ4v) is 2.83. The van der Waals surface area contributed by atoms with E-state index in [1.165, 1.54) is 11.8 Å². The molecule has 0 saturated carbocycles. The number of phenols is 1. The number of nitrogens with zero attached hydrogens (tertiary/aromatic N) is 2. The van der Waals surface area contributed by atoms with Crippen molar-refractivity contribution in [3.05, 3.63) is 64.6 Å². The normalized spacial score (nSPS) is 17.3. The van der Waals surface area contributed by atoms with E-state index in [1.54, 1.807) is 54.6 Å². The van der Waals surface area contributed by atoms with Crippen LogP contribution in [0.3, 0.4) is 0 Å². The van der Waals surface area contributed by atoms with Crippen molar-refractivity contribution < 1.29 is 9.90 Å². The van der Waals surface area contributed by atoms with Crippen molar-refractivity contribution in [2.45, 2.75) is 0 Å². The number of amidine groups is 1. The van der Waals surface area contributed by atoms with Crippen molar-refractivity contribution in [3.63, 3.8) is 0 Å². The van der Waals surface area contributed by atoms with E-state index >= 15 is 0 Å². The number of carbonyl (C=O) groups excluding carboxylic acids is 1. The number of phenolic OH excluding ortho intramolecular Hbond substituents is 1. The van der Waals surface area contributed by atoms with Crippen molar-refractivity contribution in [2.24, 2.45) is 4.99 Å². The van der Waals surface area contributed by atoms with Crippen LogP contribution in [0, 0.1) is 11.3 Å². The molecular weight excluding hydrogens is 310 g/mol. The number of aliphatic imine (C=N–C) groups is 1. The van der Waals surface area contributed by atoms with Crippen LogP contribution in [-0.2, 0) is 4.79 Å². The van der Waals surface area contributed by atoms with Gasteiger partial charge in [-0.1, -0.05) is 30.3 Å². The molecule has 0 bridgehead atoms. The average molecular weight is 321 g/mol. The van der Waals surface area contributed by atoms with Crippen LogP contribution in [0.15, 0.2) is 58.4 Å². The number of hydrogen-bond donors (Lipinski definition) is 2. The molecule has 23 heavy (non-hydrogen) atoms. The van der Waals surface area contributed by atoms with Gasteiger partial charge in [0.15, 0.2) is 5.17 Å². The summed E-state index contributed by atoms with van der Waals surface area (Å²) in [5.41, 5.74) is 1.50. The summed E-state index contributed by atoms with van der Waals surface area (Å²) < 4.78 is 0. The lowest BCUT2D eigenvalue weighted by atomic mass is 10.2. The fourth-order valence-electron chi connectivity index (χ4n) is 2.01. The van der Waals surface area contributed by atoms with Gasteiger partial charge in [-0.15, -0.1) is 0 Å². The van der Waals surface area contributed by atoms with Gasteiger partial charge in [-0.05, 0) is 36.0 Å². The van der Waals surface area contributed by atoms with Gasteiger partial charge >= 0.3 is 0 Å². The van der Waals surface area contributed by atoms with Gasteiger partial charge in [-0.3, -0.25) is 4.79 Å². The molecule has 0 aromatic heterocycles. The third kappa shape index (κ3) is 3.25. The minimum atomic E-state index is -0.286. The zero-order valence-corrected chi connectivity index (χ0v) is 12.7. The van der Waals surface area contributed by atoms with Gasteiger partial charge in [-0.25, -0.2) is 4.99 Å². The topological polar surface area (TPSA) is 85.5 Å². The second kappa shape index (κ2) is 6.38. The van der Waals surface area contributed by atoms with Gasteiger partial charge in [-0.2, -0.15) is 5.26 Å². The first kappa shape index (κ1) is 14.9. The van der Waals surface area contributed by atoms with Crippen LogP contribution >= 0.6 is 11.8 Å². The van der Waals surface area contributed by atoms with Gasteiger partial charge < -0.3 is 10.4 Å². The molecule has 3 rings (SSSR count). The molecule has 1 fully saturated rings. The summed E-state index contributed by atoms with van der Waals surface area (Å²) in [5, 5.41) is 21.9. The van der Waals surface area contributed by atoms with Crippen molar-refractivity contribution >= 4 is 34.6 Å². The van der Waals surface area contributed by atoms with Crippen LogP contribution < -0.4 is 5.32 Å². The molecule has 0 radical (unpaired) electrons. The van der Waals surface area contributed by atoms with Crippen LogP contribution in [0.2, 0.25) is 0 Å². The van der Waals surface area contributed by atoms with Crippen molar-refractivity contribution in [1.29, 1.82) is 5.26 Å². The van der Waals surface area contributed by atoms with E-state index in [2.05, 4.69) is 16.4 Å². The Morgan fingerprint density at radius 1 is 1.17 bits per heavy atom. The van der Waals surface area contributed by atoms with Crippen molar-refractivity contribution in [3.8, 4) is 11.8 Å². The first-order chi connectivity index (χ1) is 11.2. The highest BCUT2D eigenvalue weighted by molar-refractivity contribution is 8.18. The zero-order valence-electron chi connectivity index (χ0n) is 11.9. The Morgan fingerprint density at radius 3 is 2.70 bits per heavy atom. The number of benzene rings is 2. The highest BCUT2D eigenvalue weighted by Gasteiger charge is 2.24. The molecule has 6 heteroatoms. The van der Waals surface area contributed by atoms with Crippen molar-refractivity contribution in [2.75, 3.05) is 0 Å². The second-order valence-electron chi connectivity index (χ2n) is 4.67. The Morgan fingerprint density at radius 2 is 1.91 bits per heavy atom. The number of nitrogens with one attached hydrogen (secondary N) is 1. The lowest BCUT2D eigenvalue weighted by molar-refractivity contribution is -0.115. The van der Waals surface area contributed by atoms with E-state index in [1.807, 2.05) is 0 Å². The minimum absolute atomic E-state index is 0.105. The third-order valence-corrected chi connectivity index (χ3v) is 4.03.